The Kier molecular flexibility index (Phi) is 6.37. The molecule has 1 aromatic rings. The summed E-state index contributed by atoms with van der Waals surface area (Å²) < 4.78 is 0. The van der Waals surface area contributed by atoms with E-state index in [1.807, 2.05) is 20.1 Å². The molecule has 0 bridgehead atoms. The van der Waals surface area contributed by atoms with Crippen molar-refractivity contribution >= 4 is 29.3 Å². The minimum Gasteiger partial charge on any atom is -0.361 e. The summed E-state index contributed by atoms with van der Waals surface area (Å²) in [4.78, 5) is 19.9. The molecule has 1 amide bonds. The predicted octanol–water partition coefficient (Wildman–Crippen LogP) is 0.668. The van der Waals surface area contributed by atoms with E-state index in [4.69, 9.17) is 5.84 Å². The fourth-order valence-corrected chi connectivity index (χ4v) is 1.61. The molecule has 0 unspecified atom stereocenters. The lowest BCUT2D eigenvalue weighted by atomic mass is 10.2. The molecular formula is C11H20N6OS. The minimum absolute atomic E-state index is 0.0692. The van der Waals surface area contributed by atoms with Crippen molar-refractivity contribution in [1.82, 2.24) is 15.3 Å². The minimum atomic E-state index is -0.0692. The number of amides is 1. The molecule has 5 N–H and O–H groups in total. The van der Waals surface area contributed by atoms with Crippen molar-refractivity contribution in [2.45, 2.75) is 19.0 Å². The molecule has 8 heteroatoms. The van der Waals surface area contributed by atoms with Gasteiger partial charge in [0, 0.05) is 12.6 Å². The average Bonchev–Trinajstić information content (AvgIpc) is 2.42. The van der Waals surface area contributed by atoms with Gasteiger partial charge in [-0.2, -0.15) is 0 Å². The lowest BCUT2D eigenvalue weighted by molar-refractivity contribution is -0.119. The van der Waals surface area contributed by atoms with Gasteiger partial charge in [0.1, 0.15) is 11.6 Å². The zero-order chi connectivity index (χ0) is 14.3. The molecule has 106 valence electrons. The van der Waals surface area contributed by atoms with Crippen LogP contribution in [0.5, 0.6) is 0 Å². The van der Waals surface area contributed by atoms with E-state index in [9.17, 15) is 4.79 Å². The summed E-state index contributed by atoms with van der Waals surface area (Å²) in [6.45, 7) is 4.92. The van der Waals surface area contributed by atoms with Gasteiger partial charge in [-0.05, 0) is 12.2 Å². The van der Waals surface area contributed by atoms with Crippen LogP contribution in [0.25, 0.3) is 0 Å². The molecule has 0 radical (unpaired) electrons. The summed E-state index contributed by atoms with van der Waals surface area (Å²) in [6.07, 6.45) is 1.87. The Morgan fingerprint density at radius 2 is 2.11 bits per heavy atom. The van der Waals surface area contributed by atoms with Crippen molar-refractivity contribution in [3.05, 3.63) is 6.07 Å². The second-order valence-corrected chi connectivity index (χ2v) is 5.09. The molecule has 19 heavy (non-hydrogen) atoms. The van der Waals surface area contributed by atoms with Crippen LogP contribution in [0, 0.1) is 5.92 Å². The molecule has 0 saturated carbocycles. The standard InChI is InChI=1S/C11H20N6OS/c1-7(2)5-14-10(18)6-13-8-4-9(17-12)16-11(15-8)19-3/h4,7H,5-6,12H2,1-3H3,(H,14,18)(H2,13,15,16,17). The molecule has 7 nitrogen and oxygen atoms in total. The number of hydrogen-bond donors (Lipinski definition) is 4. The van der Waals surface area contributed by atoms with Crippen LogP contribution in [0.15, 0.2) is 11.2 Å². The second kappa shape index (κ2) is 7.80. The first kappa shape index (κ1) is 15.5. The average molecular weight is 284 g/mol. The highest BCUT2D eigenvalue weighted by molar-refractivity contribution is 7.98. The van der Waals surface area contributed by atoms with Crippen molar-refractivity contribution in [2.24, 2.45) is 11.8 Å². The maximum absolute atomic E-state index is 11.6. The fraction of sp³-hybridized carbons (Fsp3) is 0.545. The monoisotopic (exact) mass is 284 g/mol. The molecule has 0 fully saturated rings. The van der Waals surface area contributed by atoms with E-state index in [1.54, 1.807) is 6.07 Å². The lowest BCUT2D eigenvalue weighted by Gasteiger charge is -2.10. The Morgan fingerprint density at radius 3 is 2.68 bits per heavy atom. The number of nitrogens with two attached hydrogens (primary N) is 1. The molecule has 0 aliphatic rings. The van der Waals surface area contributed by atoms with Crippen molar-refractivity contribution < 1.29 is 4.79 Å². The molecule has 0 aromatic carbocycles. The van der Waals surface area contributed by atoms with Crippen molar-refractivity contribution in [1.29, 1.82) is 0 Å². The van der Waals surface area contributed by atoms with Gasteiger partial charge in [0.2, 0.25) is 5.91 Å². The van der Waals surface area contributed by atoms with Crippen LogP contribution >= 0.6 is 11.8 Å². The summed E-state index contributed by atoms with van der Waals surface area (Å²) in [7, 11) is 0. The molecule has 0 saturated heterocycles. The van der Waals surface area contributed by atoms with Crippen molar-refractivity contribution in [2.75, 3.05) is 30.1 Å². The van der Waals surface area contributed by atoms with Gasteiger partial charge in [-0.1, -0.05) is 25.6 Å². The Labute approximate surface area is 117 Å². The van der Waals surface area contributed by atoms with Gasteiger partial charge in [-0.25, -0.2) is 15.8 Å². The van der Waals surface area contributed by atoms with Crippen molar-refractivity contribution in [3.63, 3.8) is 0 Å². The van der Waals surface area contributed by atoms with E-state index in [0.717, 1.165) is 0 Å². The zero-order valence-electron chi connectivity index (χ0n) is 11.4. The first-order chi connectivity index (χ1) is 9.05. The number of thioether (sulfide) groups is 1. The Hall–Kier alpha value is -1.54. The van der Waals surface area contributed by atoms with Gasteiger partial charge in [0.05, 0.1) is 6.54 Å². The van der Waals surface area contributed by atoms with Crippen LogP contribution in [0.1, 0.15) is 13.8 Å². The summed E-state index contributed by atoms with van der Waals surface area (Å²) in [6, 6.07) is 1.65. The van der Waals surface area contributed by atoms with E-state index >= 15 is 0 Å². The fourth-order valence-electron chi connectivity index (χ4n) is 1.23. The summed E-state index contributed by atoms with van der Waals surface area (Å²) in [5.41, 5.74) is 2.46. The van der Waals surface area contributed by atoms with Crippen LogP contribution in [0.2, 0.25) is 0 Å². The van der Waals surface area contributed by atoms with Gasteiger partial charge >= 0.3 is 0 Å². The highest BCUT2D eigenvalue weighted by atomic mass is 32.2. The maximum atomic E-state index is 11.6. The highest BCUT2D eigenvalue weighted by Crippen LogP contribution is 2.16. The molecule has 0 spiro atoms. The van der Waals surface area contributed by atoms with Gasteiger partial charge in [0.15, 0.2) is 5.16 Å². The van der Waals surface area contributed by atoms with Crippen LogP contribution in [0.3, 0.4) is 0 Å². The molecule has 0 atom stereocenters. The topological polar surface area (TPSA) is 105 Å². The maximum Gasteiger partial charge on any atom is 0.239 e. The zero-order valence-corrected chi connectivity index (χ0v) is 12.2. The number of rotatable bonds is 7. The largest absolute Gasteiger partial charge is 0.361 e. The molecule has 1 rings (SSSR count). The third-order valence-electron chi connectivity index (χ3n) is 2.17. The molecule has 1 heterocycles. The van der Waals surface area contributed by atoms with E-state index in [-0.39, 0.29) is 12.5 Å². The normalized spacial score (nSPS) is 10.4. The van der Waals surface area contributed by atoms with E-state index in [0.29, 0.717) is 29.3 Å². The van der Waals surface area contributed by atoms with E-state index in [2.05, 4.69) is 26.0 Å². The number of nitrogens with one attached hydrogen (secondary N) is 3. The SMILES string of the molecule is CSc1nc(NN)cc(NCC(=O)NCC(C)C)n1. The van der Waals surface area contributed by atoms with Crippen LogP contribution in [-0.4, -0.2) is 35.2 Å². The Balaban J connectivity index is 2.54. The number of anilines is 2. The quantitative estimate of drug-likeness (QED) is 0.252. The number of hydrazine groups is 1. The number of hydrogen-bond acceptors (Lipinski definition) is 7. The third kappa shape index (κ3) is 5.75. The smallest absolute Gasteiger partial charge is 0.239 e. The molecule has 0 aliphatic heterocycles. The number of carbonyl (C=O) groups excluding carboxylic acids is 1. The van der Waals surface area contributed by atoms with Gasteiger partial charge < -0.3 is 16.1 Å². The molecular weight excluding hydrogens is 264 g/mol. The third-order valence-corrected chi connectivity index (χ3v) is 2.72. The van der Waals surface area contributed by atoms with E-state index in [1.165, 1.54) is 11.8 Å². The van der Waals surface area contributed by atoms with Gasteiger partial charge in [0.25, 0.3) is 0 Å². The Bertz CT molecular complexity index is 403. The lowest BCUT2D eigenvalue weighted by Crippen LogP contribution is -2.32. The molecule has 0 aliphatic carbocycles. The highest BCUT2D eigenvalue weighted by Gasteiger charge is 2.06. The molecule has 1 aromatic heterocycles. The van der Waals surface area contributed by atoms with Crippen LogP contribution < -0.4 is 21.9 Å². The number of nitrogen functional groups attached to an aromatic ring is 1. The number of carbonyl (C=O) groups is 1. The summed E-state index contributed by atoms with van der Waals surface area (Å²) in [5.74, 6) is 6.75. The first-order valence-electron chi connectivity index (χ1n) is 5.95. The van der Waals surface area contributed by atoms with Gasteiger partial charge in [-0.3, -0.25) is 4.79 Å². The van der Waals surface area contributed by atoms with E-state index < -0.39 is 0 Å². The number of nitrogens with zero attached hydrogens (tertiary/aromatic N) is 2. The predicted molar refractivity (Wildman–Crippen MR) is 78.0 cm³/mol. The number of aromatic nitrogens is 2. The Morgan fingerprint density at radius 1 is 1.42 bits per heavy atom. The van der Waals surface area contributed by atoms with Crippen molar-refractivity contribution in [3.8, 4) is 0 Å². The van der Waals surface area contributed by atoms with Crippen LogP contribution in [-0.2, 0) is 4.79 Å². The van der Waals surface area contributed by atoms with Crippen LogP contribution in [0.4, 0.5) is 11.6 Å². The first-order valence-corrected chi connectivity index (χ1v) is 7.18. The summed E-state index contributed by atoms with van der Waals surface area (Å²) in [5, 5.41) is 6.35. The second-order valence-electron chi connectivity index (χ2n) is 4.32. The summed E-state index contributed by atoms with van der Waals surface area (Å²) >= 11 is 1.40. The van der Waals surface area contributed by atoms with Gasteiger partial charge in [-0.15, -0.1) is 0 Å².